The maximum Gasteiger partial charge on any atom is 0.337 e. The molecule has 0 atom stereocenters. The average molecular weight is 275 g/mol. The van der Waals surface area contributed by atoms with E-state index < -0.39 is 5.97 Å². The normalized spacial score (nSPS) is 9.50. The fraction of sp³-hybridized carbons (Fsp3) is 0.286. The number of benzene rings is 1. The van der Waals surface area contributed by atoms with Crippen molar-refractivity contribution in [3.63, 3.8) is 0 Å². The van der Waals surface area contributed by atoms with Crippen LogP contribution in [0.15, 0.2) is 18.2 Å². The summed E-state index contributed by atoms with van der Waals surface area (Å²) in [6.07, 6.45) is 0.675. The molecule has 0 aliphatic carbocycles. The highest BCUT2D eigenvalue weighted by atomic mass is 16.4. The molecular formula is C14H17N3O3. The Labute approximate surface area is 117 Å². The summed E-state index contributed by atoms with van der Waals surface area (Å²) in [5.41, 5.74) is 11.4. The lowest BCUT2D eigenvalue weighted by Gasteiger charge is -2.06. The van der Waals surface area contributed by atoms with Gasteiger partial charge in [-0.25, -0.2) is 4.79 Å². The third-order valence-electron chi connectivity index (χ3n) is 2.40. The summed E-state index contributed by atoms with van der Waals surface area (Å²) >= 11 is 0. The Hall–Kier alpha value is -2.36. The summed E-state index contributed by atoms with van der Waals surface area (Å²) in [5, 5.41) is 11.7. The number of aromatic carboxylic acids is 1. The van der Waals surface area contributed by atoms with Gasteiger partial charge < -0.3 is 21.9 Å². The van der Waals surface area contributed by atoms with E-state index >= 15 is 0 Å². The lowest BCUT2D eigenvalue weighted by atomic mass is 10.1. The first kappa shape index (κ1) is 15.7. The van der Waals surface area contributed by atoms with Crippen molar-refractivity contribution in [2.75, 3.05) is 18.4 Å². The molecule has 0 unspecified atom stereocenters. The number of rotatable bonds is 5. The molecule has 0 aliphatic heterocycles. The van der Waals surface area contributed by atoms with Crippen molar-refractivity contribution in [1.82, 2.24) is 0 Å². The minimum atomic E-state index is -1.10. The lowest BCUT2D eigenvalue weighted by Crippen LogP contribution is -2.16. The quantitative estimate of drug-likeness (QED) is 0.579. The molecule has 0 radical (unpaired) electrons. The lowest BCUT2D eigenvalue weighted by molar-refractivity contribution is -0.116. The van der Waals surface area contributed by atoms with Crippen LogP contribution in [0.25, 0.3) is 0 Å². The summed E-state index contributed by atoms with van der Waals surface area (Å²) < 4.78 is 0. The molecule has 0 aliphatic rings. The smallest absolute Gasteiger partial charge is 0.337 e. The van der Waals surface area contributed by atoms with Crippen molar-refractivity contribution in [2.24, 2.45) is 11.5 Å². The molecule has 1 rings (SSSR count). The Morgan fingerprint density at radius 3 is 2.60 bits per heavy atom. The zero-order valence-electron chi connectivity index (χ0n) is 11.0. The van der Waals surface area contributed by atoms with E-state index in [-0.39, 0.29) is 24.4 Å². The number of amides is 1. The molecule has 0 bridgehead atoms. The monoisotopic (exact) mass is 275 g/mol. The van der Waals surface area contributed by atoms with Crippen molar-refractivity contribution < 1.29 is 14.7 Å². The summed E-state index contributed by atoms with van der Waals surface area (Å²) in [4.78, 5) is 22.6. The van der Waals surface area contributed by atoms with Crippen LogP contribution in [0.2, 0.25) is 0 Å². The van der Waals surface area contributed by atoms with E-state index in [1.54, 1.807) is 12.1 Å². The zero-order valence-corrected chi connectivity index (χ0v) is 11.0. The predicted octanol–water partition coefficient (Wildman–Crippen LogP) is 0.372. The van der Waals surface area contributed by atoms with Gasteiger partial charge in [0.15, 0.2) is 0 Å². The Morgan fingerprint density at radius 2 is 2.00 bits per heavy atom. The largest absolute Gasteiger partial charge is 0.478 e. The third kappa shape index (κ3) is 4.72. The van der Waals surface area contributed by atoms with Crippen molar-refractivity contribution in [3.05, 3.63) is 29.3 Å². The predicted molar refractivity (Wildman–Crippen MR) is 76.3 cm³/mol. The van der Waals surface area contributed by atoms with E-state index in [2.05, 4.69) is 17.2 Å². The highest BCUT2D eigenvalue weighted by molar-refractivity contribution is 5.95. The molecule has 106 valence electrons. The molecule has 6 heteroatoms. The summed E-state index contributed by atoms with van der Waals surface area (Å²) in [5.74, 6) is 4.18. The molecular weight excluding hydrogens is 258 g/mol. The van der Waals surface area contributed by atoms with Gasteiger partial charge in [-0.3, -0.25) is 4.79 Å². The van der Waals surface area contributed by atoms with E-state index in [0.29, 0.717) is 24.2 Å². The van der Waals surface area contributed by atoms with E-state index in [1.807, 2.05) is 0 Å². The van der Waals surface area contributed by atoms with Crippen molar-refractivity contribution in [3.8, 4) is 11.8 Å². The molecule has 6 N–H and O–H groups in total. The van der Waals surface area contributed by atoms with Crippen molar-refractivity contribution >= 4 is 17.6 Å². The molecule has 0 spiro atoms. The fourth-order valence-electron chi connectivity index (χ4n) is 1.49. The summed E-state index contributed by atoms with van der Waals surface area (Å²) in [7, 11) is 0. The number of hydrogen-bond donors (Lipinski definition) is 4. The molecule has 0 saturated heterocycles. The van der Waals surface area contributed by atoms with Crippen LogP contribution in [-0.2, 0) is 4.79 Å². The minimum Gasteiger partial charge on any atom is -0.478 e. The van der Waals surface area contributed by atoms with Crippen molar-refractivity contribution in [2.45, 2.75) is 12.8 Å². The molecule has 0 heterocycles. The van der Waals surface area contributed by atoms with Gasteiger partial charge in [-0.05, 0) is 18.2 Å². The Kier molecular flexibility index (Phi) is 6.23. The number of anilines is 1. The standard InChI is InChI=1S/C14H17N3O3/c15-7-2-1-3-10-4-5-11(9-12(10)14(19)20)17-13(18)6-8-16/h4-5,9H,2,6-8,15-16H2,(H,17,18)(H,19,20). The van der Waals surface area contributed by atoms with Crippen LogP contribution in [0.3, 0.4) is 0 Å². The molecule has 1 amide bonds. The second kappa shape index (κ2) is 7.94. The SMILES string of the molecule is NCCC#Cc1ccc(NC(=O)CCN)cc1C(=O)O. The van der Waals surface area contributed by atoms with Gasteiger partial charge in [0.05, 0.1) is 5.56 Å². The maximum absolute atomic E-state index is 11.4. The molecule has 0 aromatic heterocycles. The number of nitrogens with two attached hydrogens (primary N) is 2. The van der Waals surface area contributed by atoms with E-state index in [4.69, 9.17) is 16.6 Å². The first-order valence-electron chi connectivity index (χ1n) is 6.14. The molecule has 0 saturated carbocycles. The fourth-order valence-corrected chi connectivity index (χ4v) is 1.49. The second-order valence-corrected chi connectivity index (χ2v) is 3.99. The second-order valence-electron chi connectivity index (χ2n) is 3.99. The topological polar surface area (TPSA) is 118 Å². The van der Waals surface area contributed by atoms with E-state index in [1.165, 1.54) is 6.07 Å². The zero-order chi connectivity index (χ0) is 15.0. The molecule has 1 aromatic rings. The molecule has 0 fully saturated rings. The van der Waals surface area contributed by atoms with Gasteiger partial charge in [-0.2, -0.15) is 0 Å². The van der Waals surface area contributed by atoms with Crippen LogP contribution in [0, 0.1) is 11.8 Å². The Bertz CT molecular complexity index is 559. The van der Waals surface area contributed by atoms with Crippen LogP contribution < -0.4 is 16.8 Å². The number of carbonyl (C=O) groups excluding carboxylic acids is 1. The van der Waals surface area contributed by atoms with Gasteiger partial charge in [-0.1, -0.05) is 11.8 Å². The summed E-state index contributed by atoms with van der Waals surface area (Å²) in [6, 6.07) is 4.54. The van der Waals surface area contributed by atoms with Crippen LogP contribution >= 0.6 is 0 Å². The Morgan fingerprint density at radius 1 is 1.25 bits per heavy atom. The number of hydrogen-bond acceptors (Lipinski definition) is 4. The van der Waals surface area contributed by atoms with E-state index in [0.717, 1.165) is 0 Å². The number of nitrogens with one attached hydrogen (secondary N) is 1. The van der Waals surface area contributed by atoms with E-state index in [9.17, 15) is 9.59 Å². The molecule has 20 heavy (non-hydrogen) atoms. The summed E-state index contributed by atoms with van der Waals surface area (Å²) in [6.45, 7) is 0.656. The molecule has 1 aromatic carbocycles. The first-order chi connectivity index (χ1) is 9.58. The highest BCUT2D eigenvalue weighted by Gasteiger charge is 2.10. The Balaban J connectivity index is 2.99. The van der Waals surface area contributed by atoms with Gasteiger partial charge in [0, 0.05) is 37.2 Å². The van der Waals surface area contributed by atoms with Crippen LogP contribution in [0.5, 0.6) is 0 Å². The number of carboxylic acid groups (broad SMARTS) is 1. The number of carboxylic acids is 1. The van der Waals surface area contributed by atoms with Crippen LogP contribution in [-0.4, -0.2) is 30.1 Å². The number of carbonyl (C=O) groups is 2. The minimum absolute atomic E-state index is 0.0417. The van der Waals surface area contributed by atoms with Gasteiger partial charge in [0.1, 0.15) is 0 Å². The third-order valence-corrected chi connectivity index (χ3v) is 2.40. The molecule has 6 nitrogen and oxygen atoms in total. The van der Waals surface area contributed by atoms with Crippen molar-refractivity contribution in [1.29, 1.82) is 0 Å². The van der Waals surface area contributed by atoms with Gasteiger partial charge in [0.2, 0.25) is 5.91 Å². The van der Waals surface area contributed by atoms with Crippen LogP contribution in [0.1, 0.15) is 28.8 Å². The van der Waals surface area contributed by atoms with Gasteiger partial charge in [-0.15, -0.1) is 0 Å². The van der Waals surface area contributed by atoms with Gasteiger partial charge >= 0.3 is 5.97 Å². The average Bonchev–Trinajstić information content (AvgIpc) is 2.40. The maximum atomic E-state index is 11.4. The van der Waals surface area contributed by atoms with Crippen LogP contribution in [0.4, 0.5) is 5.69 Å². The first-order valence-corrected chi connectivity index (χ1v) is 6.14. The highest BCUT2D eigenvalue weighted by Crippen LogP contribution is 2.16. The van der Waals surface area contributed by atoms with Gasteiger partial charge in [0.25, 0.3) is 0 Å².